The normalized spacial score (nSPS) is 10.8. The first-order valence-corrected chi connectivity index (χ1v) is 5.59. The van der Waals surface area contributed by atoms with Crippen LogP contribution in [0.4, 0.5) is 0 Å². The summed E-state index contributed by atoms with van der Waals surface area (Å²) >= 11 is 1.56. The van der Waals surface area contributed by atoms with E-state index in [0.717, 1.165) is 15.9 Å². The van der Waals surface area contributed by atoms with E-state index in [1.807, 2.05) is 18.2 Å². The zero-order valence-corrected chi connectivity index (χ0v) is 9.02. The molecule has 0 amide bonds. The highest BCUT2D eigenvalue weighted by atomic mass is 32.1. The van der Waals surface area contributed by atoms with Gasteiger partial charge in [0.05, 0.1) is 21.4 Å². The Balaban J connectivity index is 2.26. The molecule has 3 rings (SSSR count). The van der Waals surface area contributed by atoms with Gasteiger partial charge in [-0.15, -0.1) is 11.3 Å². The summed E-state index contributed by atoms with van der Waals surface area (Å²) in [6.07, 6.45) is 3.01. The Labute approximate surface area is 94.8 Å². The third-order valence-corrected chi connectivity index (χ3v) is 3.11. The molecule has 0 aliphatic rings. The minimum absolute atomic E-state index is 0.0844. The summed E-state index contributed by atoms with van der Waals surface area (Å²) in [5, 5.41) is 0. The Kier molecular flexibility index (Phi) is 2.04. The predicted octanol–water partition coefficient (Wildman–Crippen LogP) is 1.84. The summed E-state index contributed by atoms with van der Waals surface area (Å²) in [6.45, 7) is 0. The molecule has 0 bridgehead atoms. The quantitative estimate of drug-likeness (QED) is 0.639. The number of fused-ring (bicyclic) bond motifs is 1. The highest BCUT2D eigenvalue weighted by molar-refractivity contribution is 7.16. The molecule has 4 nitrogen and oxygen atoms in total. The Morgan fingerprint density at radius 2 is 2.19 bits per heavy atom. The van der Waals surface area contributed by atoms with Crippen molar-refractivity contribution >= 4 is 21.6 Å². The zero-order valence-electron chi connectivity index (χ0n) is 8.20. The second kappa shape index (κ2) is 3.53. The molecule has 1 aromatic carbocycles. The molecule has 0 fully saturated rings. The van der Waals surface area contributed by atoms with Crippen LogP contribution in [0.2, 0.25) is 0 Å². The predicted molar refractivity (Wildman–Crippen MR) is 63.0 cm³/mol. The van der Waals surface area contributed by atoms with E-state index >= 15 is 0 Å². The summed E-state index contributed by atoms with van der Waals surface area (Å²) in [7, 11) is 0. The Bertz CT molecular complexity index is 701. The molecular formula is C11H7N3OS. The fourth-order valence-corrected chi connectivity index (χ4v) is 2.25. The van der Waals surface area contributed by atoms with Crippen molar-refractivity contribution in [3.05, 3.63) is 52.7 Å². The highest BCUT2D eigenvalue weighted by Crippen LogP contribution is 2.20. The smallest absolute Gasteiger partial charge is 0.257 e. The molecule has 0 saturated carbocycles. The maximum atomic E-state index is 11.6. The van der Waals surface area contributed by atoms with Crippen LogP contribution in [-0.2, 0) is 0 Å². The van der Waals surface area contributed by atoms with Gasteiger partial charge < -0.3 is 0 Å². The lowest BCUT2D eigenvalue weighted by Gasteiger charge is -2.03. The van der Waals surface area contributed by atoms with Crippen LogP contribution in [0.1, 0.15) is 0 Å². The first-order valence-electron chi connectivity index (χ1n) is 4.71. The molecule has 0 saturated heterocycles. The molecule has 0 aliphatic carbocycles. The number of benzene rings is 1. The monoisotopic (exact) mass is 229 g/mol. The highest BCUT2D eigenvalue weighted by Gasteiger charge is 2.01. The molecule has 0 spiro atoms. The van der Waals surface area contributed by atoms with Crippen LogP contribution in [0.3, 0.4) is 0 Å². The van der Waals surface area contributed by atoms with Gasteiger partial charge in [-0.25, -0.2) is 9.97 Å². The summed E-state index contributed by atoms with van der Waals surface area (Å²) in [4.78, 5) is 19.7. The fraction of sp³-hybridized carbons (Fsp3) is 0. The largest absolute Gasteiger partial charge is 0.269 e. The average Bonchev–Trinajstić information content (AvgIpc) is 2.76. The molecule has 3 aromatic rings. The second-order valence-electron chi connectivity index (χ2n) is 3.29. The molecule has 16 heavy (non-hydrogen) atoms. The maximum Gasteiger partial charge on any atom is 0.257 e. The van der Waals surface area contributed by atoms with Crippen molar-refractivity contribution in [1.82, 2.24) is 14.5 Å². The molecule has 2 aromatic heterocycles. The lowest BCUT2D eigenvalue weighted by Crippen LogP contribution is -2.16. The molecule has 0 radical (unpaired) electrons. The molecule has 0 atom stereocenters. The van der Waals surface area contributed by atoms with Gasteiger partial charge in [-0.3, -0.25) is 9.36 Å². The van der Waals surface area contributed by atoms with Crippen LogP contribution in [0.15, 0.2) is 47.1 Å². The minimum Gasteiger partial charge on any atom is -0.269 e. The van der Waals surface area contributed by atoms with Crippen molar-refractivity contribution < 1.29 is 0 Å². The van der Waals surface area contributed by atoms with E-state index in [0.29, 0.717) is 0 Å². The Morgan fingerprint density at radius 3 is 3.06 bits per heavy atom. The fourth-order valence-electron chi connectivity index (χ4n) is 1.54. The van der Waals surface area contributed by atoms with Crippen LogP contribution in [-0.4, -0.2) is 14.5 Å². The van der Waals surface area contributed by atoms with Crippen molar-refractivity contribution in [2.45, 2.75) is 0 Å². The van der Waals surface area contributed by atoms with Gasteiger partial charge in [-0.05, 0) is 18.2 Å². The molecule has 5 heteroatoms. The van der Waals surface area contributed by atoms with E-state index in [4.69, 9.17) is 0 Å². The number of aromatic nitrogens is 3. The standard InChI is InChI=1S/C11H7N3OS/c15-11-3-4-12-6-14(11)8-1-2-9-10(5-8)16-7-13-9/h1-7H. The summed E-state index contributed by atoms with van der Waals surface area (Å²) < 4.78 is 2.58. The van der Waals surface area contributed by atoms with Gasteiger partial charge in [0.25, 0.3) is 5.56 Å². The molecule has 0 aliphatic heterocycles. The van der Waals surface area contributed by atoms with Crippen molar-refractivity contribution in [1.29, 1.82) is 0 Å². The summed E-state index contributed by atoms with van der Waals surface area (Å²) in [5.41, 5.74) is 3.47. The third kappa shape index (κ3) is 1.42. The maximum absolute atomic E-state index is 11.6. The van der Waals surface area contributed by atoms with Gasteiger partial charge in [0.2, 0.25) is 0 Å². The first-order chi connectivity index (χ1) is 7.84. The molecule has 2 heterocycles. The first kappa shape index (κ1) is 9.23. The van der Waals surface area contributed by atoms with Gasteiger partial charge >= 0.3 is 0 Å². The molecule has 78 valence electrons. The van der Waals surface area contributed by atoms with E-state index in [2.05, 4.69) is 9.97 Å². The van der Waals surface area contributed by atoms with Crippen molar-refractivity contribution in [3.63, 3.8) is 0 Å². The van der Waals surface area contributed by atoms with Crippen LogP contribution in [0.5, 0.6) is 0 Å². The molecule has 0 unspecified atom stereocenters. The lowest BCUT2D eigenvalue weighted by atomic mass is 10.3. The van der Waals surface area contributed by atoms with Crippen LogP contribution >= 0.6 is 11.3 Å². The van der Waals surface area contributed by atoms with Gasteiger partial charge in [0, 0.05) is 12.3 Å². The van der Waals surface area contributed by atoms with Crippen molar-refractivity contribution in [3.8, 4) is 5.69 Å². The van der Waals surface area contributed by atoms with Crippen molar-refractivity contribution in [2.75, 3.05) is 0 Å². The SMILES string of the molecule is O=c1ccncn1-c1ccc2ncsc2c1. The number of hydrogen-bond donors (Lipinski definition) is 0. The van der Waals surface area contributed by atoms with Gasteiger partial charge in [0.1, 0.15) is 6.33 Å². The van der Waals surface area contributed by atoms with E-state index in [1.165, 1.54) is 23.2 Å². The number of rotatable bonds is 1. The van der Waals surface area contributed by atoms with Crippen LogP contribution in [0.25, 0.3) is 15.9 Å². The minimum atomic E-state index is -0.0844. The Morgan fingerprint density at radius 1 is 1.25 bits per heavy atom. The van der Waals surface area contributed by atoms with Crippen LogP contribution < -0.4 is 5.56 Å². The molecule has 0 N–H and O–H groups in total. The average molecular weight is 229 g/mol. The van der Waals surface area contributed by atoms with E-state index in [-0.39, 0.29) is 5.56 Å². The van der Waals surface area contributed by atoms with E-state index in [1.54, 1.807) is 16.8 Å². The lowest BCUT2D eigenvalue weighted by molar-refractivity contribution is 0.937. The van der Waals surface area contributed by atoms with Crippen LogP contribution in [0, 0.1) is 0 Å². The summed E-state index contributed by atoms with van der Waals surface area (Å²) in [5.74, 6) is 0. The third-order valence-electron chi connectivity index (χ3n) is 2.32. The number of hydrogen-bond acceptors (Lipinski definition) is 4. The number of thiazole rings is 1. The number of nitrogens with zero attached hydrogens (tertiary/aromatic N) is 3. The van der Waals surface area contributed by atoms with Gasteiger partial charge in [-0.2, -0.15) is 0 Å². The van der Waals surface area contributed by atoms with E-state index < -0.39 is 0 Å². The van der Waals surface area contributed by atoms with Gasteiger partial charge in [0.15, 0.2) is 0 Å². The van der Waals surface area contributed by atoms with Gasteiger partial charge in [-0.1, -0.05) is 0 Å². The Hall–Kier alpha value is -2.01. The topological polar surface area (TPSA) is 47.8 Å². The van der Waals surface area contributed by atoms with E-state index in [9.17, 15) is 4.79 Å². The summed E-state index contributed by atoms with van der Waals surface area (Å²) in [6, 6.07) is 7.15. The molecular weight excluding hydrogens is 222 g/mol. The second-order valence-corrected chi connectivity index (χ2v) is 4.18. The zero-order chi connectivity index (χ0) is 11.0. The van der Waals surface area contributed by atoms with Crippen molar-refractivity contribution in [2.24, 2.45) is 0 Å².